The molecule has 1 saturated heterocycles. The van der Waals surface area contributed by atoms with Gasteiger partial charge in [0.05, 0.1) is 5.37 Å². The predicted molar refractivity (Wildman–Crippen MR) is 75.9 cm³/mol. The van der Waals surface area contributed by atoms with Crippen molar-refractivity contribution in [3.63, 3.8) is 0 Å². The van der Waals surface area contributed by atoms with Crippen molar-refractivity contribution in [3.05, 3.63) is 0 Å². The first-order chi connectivity index (χ1) is 9.00. The molecule has 1 heterocycles. The number of carboxylic acids is 1. The van der Waals surface area contributed by atoms with Crippen molar-refractivity contribution in [2.75, 3.05) is 5.75 Å². The highest BCUT2D eigenvalue weighted by Gasteiger charge is 2.43. The molecule has 4 nitrogen and oxygen atoms in total. The van der Waals surface area contributed by atoms with Crippen LogP contribution in [0.3, 0.4) is 0 Å². The fourth-order valence-corrected chi connectivity index (χ4v) is 4.61. The second-order valence-electron chi connectivity index (χ2n) is 5.98. The molecule has 0 radical (unpaired) electrons. The van der Waals surface area contributed by atoms with Gasteiger partial charge in [-0.15, -0.1) is 11.8 Å². The van der Waals surface area contributed by atoms with Crippen LogP contribution in [0.15, 0.2) is 0 Å². The number of aliphatic carboxylic acids is 1. The Hall–Kier alpha value is -0.710. The summed E-state index contributed by atoms with van der Waals surface area (Å²) in [5.41, 5.74) is 0. The lowest BCUT2D eigenvalue weighted by Crippen LogP contribution is -2.47. The van der Waals surface area contributed by atoms with Gasteiger partial charge in [-0.1, -0.05) is 26.7 Å². The number of amides is 1. The van der Waals surface area contributed by atoms with Gasteiger partial charge in [-0.2, -0.15) is 0 Å². The summed E-state index contributed by atoms with van der Waals surface area (Å²) >= 11 is 1.61. The van der Waals surface area contributed by atoms with E-state index in [1.54, 1.807) is 16.7 Å². The Kier molecular flexibility index (Phi) is 4.76. The van der Waals surface area contributed by atoms with E-state index in [0.29, 0.717) is 24.0 Å². The third-order valence-corrected chi connectivity index (χ3v) is 5.74. The number of carboxylic acid groups (broad SMARTS) is 1. The summed E-state index contributed by atoms with van der Waals surface area (Å²) in [6, 6.07) is -0.633. The molecule has 2 atom stereocenters. The van der Waals surface area contributed by atoms with Crippen LogP contribution >= 0.6 is 11.8 Å². The van der Waals surface area contributed by atoms with Gasteiger partial charge in [-0.3, -0.25) is 4.79 Å². The first-order valence-electron chi connectivity index (χ1n) is 7.16. The van der Waals surface area contributed by atoms with Crippen molar-refractivity contribution in [3.8, 4) is 0 Å². The summed E-state index contributed by atoms with van der Waals surface area (Å²) in [6.45, 7) is 4.11. The van der Waals surface area contributed by atoms with Gasteiger partial charge in [-0.25, -0.2) is 4.79 Å². The van der Waals surface area contributed by atoms with Crippen LogP contribution in [0.25, 0.3) is 0 Å². The van der Waals surface area contributed by atoms with E-state index in [4.69, 9.17) is 0 Å². The topological polar surface area (TPSA) is 57.6 Å². The van der Waals surface area contributed by atoms with E-state index in [1.807, 2.05) is 0 Å². The number of thioether (sulfide) groups is 1. The molecular formula is C14H23NO3S. The maximum absolute atomic E-state index is 12.5. The van der Waals surface area contributed by atoms with Crippen LogP contribution in [0, 0.1) is 11.8 Å². The molecule has 2 fully saturated rings. The second kappa shape index (κ2) is 6.16. The molecule has 19 heavy (non-hydrogen) atoms. The van der Waals surface area contributed by atoms with Crippen LogP contribution in [0.1, 0.15) is 46.0 Å². The zero-order chi connectivity index (χ0) is 14.0. The fraction of sp³-hybridized carbons (Fsp3) is 0.857. The van der Waals surface area contributed by atoms with Crippen LogP contribution < -0.4 is 0 Å². The lowest BCUT2D eigenvalue weighted by atomic mass is 10.0. The van der Waals surface area contributed by atoms with E-state index < -0.39 is 12.0 Å². The average Bonchev–Trinajstić information content (AvgIpc) is 2.95. The van der Waals surface area contributed by atoms with Crippen LogP contribution in [0.5, 0.6) is 0 Å². The van der Waals surface area contributed by atoms with E-state index in [9.17, 15) is 14.7 Å². The van der Waals surface area contributed by atoms with E-state index in [1.165, 1.54) is 12.8 Å². The van der Waals surface area contributed by atoms with Crippen molar-refractivity contribution >= 4 is 23.6 Å². The number of nitrogens with zero attached hydrogens (tertiary/aromatic N) is 1. The van der Waals surface area contributed by atoms with E-state index in [2.05, 4.69) is 13.8 Å². The third kappa shape index (κ3) is 3.25. The second-order valence-corrected chi connectivity index (χ2v) is 7.13. The molecule has 2 aliphatic rings. The third-order valence-electron chi connectivity index (χ3n) is 4.12. The van der Waals surface area contributed by atoms with Gasteiger partial charge in [0.1, 0.15) is 6.04 Å². The van der Waals surface area contributed by atoms with E-state index >= 15 is 0 Å². The van der Waals surface area contributed by atoms with Gasteiger partial charge in [-0.05, 0) is 24.7 Å². The highest BCUT2D eigenvalue weighted by Crippen LogP contribution is 2.36. The standard InChI is InChI=1S/C14H23NO3S/c1-9(2)13-15(11(8-19-13)14(17)18)12(16)7-10-5-3-4-6-10/h9-11,13H,3-8H2,1-2H3,(H,17,18). The molecule has 108 valence electrons. The monoisotopic (exact) mass is 285 g/mol. The summed E-state index contributed by atoms with van der Waals surface area (Å²) in [7, 11) is 0. The van der Waals surface area contributed by atoms with Gasteiger partial charge >= 0.3 is 5.97 Å². The van der Waals surface area contributed by atoms with Crippen LogP contribution in [-0.2, 0) is 9.59 Å². The quantitative estimate of drug-likeness (QED) is 0.862. The molecule has 2 unspecified atom stereocenters. The molecule has 0 spiro atoms. The van der Waals surface area contributed by atoms with Crippen molar-refractivity contribution in [2.45, 2.75) is 57.4 Å². The number of carbonyl (C=O) groups excluding carboxylic acids is 1. The van der Waals surface area contributed by atoms with E-state index in [-0.39, 0.29) is 11.3 Å². The van der Waals surface area contributed by atoms with Gasteiger partial charge in [0.2, 0.25) is 5.91 Å². The molecule has 1 saturated carbocycles. The molecule has 2 rings (SSSR count). The zero-order valence-corrected chi connectivity index (χ0v) is 12.5. The minimum absolute atomic E-state index is 0.0232. The summed E-state index contributed by atoms with van der Waals surface area (Å²) in [4.78, 5) is 25.4. The lowest BCUT2D eigenvalue weighted by molar-refractivity contribution is -0.150. The normalized spacial score (nSPS) is 28.3. The Morgan fingerprint density at radius 1 is 1.32 bits per heavy atom. The summed E-state index contributed by atoms with van der Waals surface area (Å²) in [6.07, 6.45) is 5.20. The molecule has 0 bridgehead atoms. The maximum Gasteiger partial charge on any atom is 0.327 e. The maximum atomic E-state index is 12.5. The minimum Gasteiger partial charge on any atom is -0.480 e. The molecule has 1 aliphatic carbocycles. The first-order valence-corrected chi connectivity index (χ1v) is 8.21. The van der Waals surface area contributed by atoms with Gasteiger partial charge < -0.3 is 10.0 Å². The van der Waals surface area contributed by atoms with Crippen LogP contribution in [0.4, 0.5) is 0 Å². The Morgan fingerprint density at radius 2 is 1.95 bits per heavy atom. The summed E-state index contributed by atoms with van der Waals surface area (Å²) < 4.78 is 0. The summed E-state index contributed by atoms with van der Waals surface area (Å²) in [5, 5.41) is 9.31. The number of hydrogen-bond donors (Lipinski definition) is 1. The first kappa shape index (κ1) is 14.7. The SMILES string of the molecule is CC(C)C1SCC(C(=O)O)N1C(=O)CC1CCCC1. The van der Waals surface area contributed by atoms with Crippen molar-refractivity contribution < 1.29 is 14.7 Å². The highest BCUT2D eigenvalue weighted by molar-refractivity contribution is 8.00. The fourth-order valence-electron chi connectivity index (χ4n) is 3.11. The number of rotatable bonds is 4. The van der Waals surface area contributed by atoms with Gasteiger partial charge in [0.15, 0.2) is 0 Å². The van der Waals surface area contributed by atoms with Crippen LogP contribution in [0.2, 0.25) is 0 Å². The highest BCUT2D eigenvalue weighted by atomic mass is 32.2. The molecule has 1 N–H and O–H groups in total. The zero-order valence-electron chi connectivity index (χ0n) is 11.7. The Morgan fingerprint density at radius 3 is 2.47 bits per heavy atom. The van der Waals surface area contributed by atoms with Gasteiger partial charge in [0, 0.05) is 12.2 Å². The average molecular weight is 285 g/mol. The molecule has 0 aromatic rings. The van der Waals surface area contributed by atoms with Crippen molar-refractivity contribution in [1.82, 2.24) is 4.90 Å². The summed E-state index contributed by atoms with van der Waals surface area (Å²) in [5.74, 6) is 0.467. The Bertz CT molecular complexity index is 353. The Labute approximate surface area is 118 Å². The Balaban J connectivity index is 2.06. The van der Waals surface area contributed by atoms with E-state index in [0.717, 1.165) is 12.8 Å². The largest absolute Gasteiger partial charge is 0.480 e. The molecule has 1 aliphatic heterocycles. The molecule has 5 heteroatoms. The van der Waals surface area contributed by atoms with Crippen molar-refractivity contribution in [1.29, 1.82) is 0 Å². The number of carbonyl (C=O) groups is 2. The molecular weight excluding hydrogens is 262 g/mol. The smallest absolute Gasteiger partial charge is 0.327 e. The van der Waals surface area contributed by atoms with Crippen molar-refractivity contribution in [2.24, 2.45) is 11.8 Å². The van der Waals surface area contributed by atoms with Crippen LogP contribution in [-0.4, -0.2) is 39.1 Å². The minimum atomic E-state index is -0.865. The predicted octanol–water partition coefficient (Wildman–Crippen LogP) is 2.58. The molecule has 0 aromatic heterocycles. The molecule has 0 aromatic carbocycles. The number of hydrogen-bond acceptors (Lipinski definition) is 3. The van der Waals surface area contributed by atoms with Gasteiger partial charge in [0.25, 0.3) is 0 Å². The lowest BCUT2D eigenvalue weighted by Gasteiger charge is -2.30. The molecule has 1 amide bonds.